The lowest BCUT2D eigenvalue weighted by Gasteiger charge is -2.47. The van der Waals surface area contributed by atoms with Gasteiger partial charge in [0.1, 0.15) is 11.6 Å². The Labute approximate surface area is 140 Å². The van der Waals surface area contributed by atoms with Crippen molar-refractivity contribution < 1.29 is 18.7 Å². The molecule has 2 saturated heterocycles. The van der Waals surface area contributed by atoms with E-state index in [-0.39, 0.29) is 30.2 Å². The van der Waals surface area contributed by atoms with Gasteiger partial charge in [0.25, 0.3) is 5.91 Å². The number of benzene rings is 1. The first-order valence-corrected chi connectivity index (χ1v) is 8.22. The van der Waals surface area contributed by atoms with E-state index in [9.17, 15) is 14.0 Å². The number of carbonyl (C=O) groups is 2. The van der Waals surface area contributed by atoms with Crippen LogP contribution in [0.15, 0.2) is 24.3 Å². The maximum atomic E-state index is 12.8. The molecule has 130 valence electrons. The van der Waals surface area contributed by atoms with Gasteiger partial charge >= 0.3 is 0 Å². The van der Waals surface area contributed by atoms with Gasteiger partial charge in [0.2, 0.25) is 5.91 Å². The molecule has 2 heterocycles. The lowest BCUT2D eigenvalue weighted by molar-refractivity contribution is -0.141. The number of rotatable bonds is 5. The number of carbonyl (C=O) groups excluding carboxylic acids is 2. The SMILES string of the molecule is NC(=O)C1CCN(C2CN(C(=O)COc3ccc(F)cc3)C2)CC1. The van der Waals surface area contributed by atoms with Crippen LogP contribution in [0.2, 0.25) is 0 Å². The summed E-state index contributed by atoms with van der Waals surface area (Å²) in [6.07, 6.45) is 1.60. The second kappa shape index (κ2) is 7.17. The molecule has 0 aliphatic carbocycles. The fraction of sp³-hybridized carbons (Fsp3) is 0.529. The molecule has 0 spiro atoms. The molecule has 0 unspecified atom stereocenters. The summed E-state index contributed by atoms with van der Waals surface area (Å²) in [5.74, 6) is -0.140. The van der Waals surface area contributed by atoms with E-state index in [0.29, 0.717) is 24.9 Å². The number of likely N-dealkylation sites (tertiary alicyclic amines) is 2. The van der Waals surface area contributed by atoms with E-state index in [1.54, 1.807) is 4.90 Å². The van der Waals surface area contributed by atoms with Crippen molar-refractivity contribution in [3.8, 4) is 5.75 Å². The minimum Gasteiger partial charge on any atom is -0.484 e. The zero-order chi connectivity index (χ0) is 17.1. The molecular formula is C17H22FN3O3. The van der Waals surface area contributed by atoms with Gasteiger partial charge in [-0.05, 0) is 50.2 Å². The molecule has 2 fully saturated rings. The zero-order valence-corrected chi connectivity index (χ0v) is 13.5. The van der Waals surface area contributed by atoms with E-state index >= 15 is 0 Å². The highest BCUT2D eigenvalue weighted by Crippen LogP contribution is 2.23. The summed E-state index contributed by atoms with van der Waals surface area (Å²) in [5.41, 5.74) is 5.34. The predicted octanol–water partition coefficient (Wildman–Crippen LogP) is 0.613. The summed E-state index contributed by atoms with van der Waals surface area (Å²) < 4.78 is 18.2. The van der Waals surface area contributed by atoms with E-state index < -0.39 is 0 Å². The molecule has 24 heavy (non-hydrogen) atoms. The van der Waals surface area contributed by atoms with Crippen molar-refractivity contribution in [3.05, 3.63) is 30.1 Å². The molecule has 7 heteroatoms. The molecular weight excluding hydrogens is 313 g/mol. The number of hydrogen-bond donors (Lipinski definition) is 1. The number of nitrogens with two attached hydrogens (primary N) is 1. The van der Waals surface area contributed by atoms with E-state index in [1.165, 1.54) is 24.3 Å². The van der Waals surface area contributed by atoms with Gasteiger partial charge in [-0.2, -0.15) is 0 Å². The summed E-state index contributed by atoms with van der Waals surface area (Å²) in [7, 11) is 0. The number of amides is 2. The smallest absolute Gasteiger partial charge is 0.260 e. The highest BCUT2D eigenvalue weighted by Gasteiger charge is 2.36. The lowest BCUT2D eigenvalue weighted by atomic mass is 9.94. The van der Waals surface area contributed by atoms with Gasteiger partial charge in [-0.1, -0.05) is 0 Å². The Morgan fingerprint density at radius 1 is 1.17 bits per heavy atom. The number of primary amides is 1. The van der Waals surface area contributed by atoms with Crippen molar-refractivity contribution in [1.29, 1.82) is 0 Å². The Morgan fingerprint density at radius 2 is 1.79 bits per heavy atom. The fourth-order valence-electron chi connectivity index (χ4n) is 3.21. The molecule has 0 aromatic heterocycles. The van der Waals surface area contributed by atoms with E-state index in [4.69, 9.17) is 10.5 Å². The Hall–Kier alpha value is -2.15. The number of hydrogen-bond acceptors (Lipinski definition) is 4. The first kappa shape index (κ1) is 16.7. The number of ether oxygens (including phenoxy) is 1. The van der Waals surface area contributed by atoms with Crippen LogP contribution in [0.4, 0.5) is 4.39 Å². The van der Waals surface area contributed by atoms with Crippen LogP contribution >= 0.6 is 0 Å². The summed E-state index contributed by atoms with van der Waals surface area (Å²) in [4.78, 5) is 27.3. The summed E-state index contributed by atoms with van der Waals surface area (Å²) in [6.45, 7) is 3.04. The highest BCUT2D eigenvalue weighted by molar-refractivity contribution is 5.78. The van der Waals surface area contributed by atoms with Crippen molar-refractivity contribution in [2.45, 2.75) is 18.9 Å². The normalized spacial score (nSPS) is 19.8. The van der Waals surface area contributed by atoms with Crippen molar-refractivity contribution in [2.75, 3.05) is 32.8 Å². The van der Waals surface area contributed by atoms with E-state index in [2.05, 4.69) is 4.90 Å². The van der Waals surface area contributed by atoms with Gasteiger partial charge in [-0.15, -0.1) is 0 Å². The molecule has 6 nitrogen and oxygen atoms in total. The average molecular weight is 335 g/mol. The first-order valence-electron chi connectivity index (χ1n) is 8.22. The monoisotopic (exact) mass is 335 g/mol. The van der Waals surface area contributed by atoms with Crippen LogP contribution in [-0.4, -0.2) is 60.4 Å². The number of piperidine rings is 1. The Morgan fingerprint density at radius 3 is 2.38 bits per heavy atom. The second-order valence-corrected chi connectivity index (χ2v) is 6.41. The van der Waals surface area contributed by atoms with Gasteiger partial charge in [0, 0.05) is 25.0 Å². The molecule has 2 aliphatic heterocycles. The number of nitrogens with zero attached hydrogens (tertiary/aromatic N) is 2. The highest BCUT2D eigenvalue weighted by atomic mass is 19.1. The maximum absolute atomic E-state index is 12.8. The Kier molecular flexibility index (Phi) is 4.99. The molecule has 0 atom stereocenters. The molecule has 0 radical (unpaired) electrons. The first-order chi connectivity index (χ1) is 11.5. The van der Waals surface area contributed by atoms with Crippen LogP contribution in [-0.2, 0) is 9.59 Å². The quantitative estimate of drug-likeness (QED) is 0.856. The Balaban J connectivity index is 1.38. The lowest BCUT2D eigenvalue weighted by Crippen LogP contribution is -2.63. The van der Waals surface area contributed by atoms with Crippen LogP contribution in [0.25, 0.3) is 0 Å². The van der Waals surface area contributed by atoms with Gasteiger partial charge in [0.05, 0.1) is 0 Å². The summed E-state index contributed by atoms with van der Waals surface area (Å²) >= 11 is 0. The standard InChI is InChI=1S/C17H22FN3O3/c18-13-1-3-15(4-2-13)24-11-16(22)21-9-14(10-21)20-7-5-12(6-8-20)17(19)23/h1-4,12,14H,5-11H2,(H2,19,23). The van der Waals surface area contributed by atoms with Crippen molar-refractivity contribution >= 4 is 11.8 Å². The number of halogens is 1. The third-order valence-electron chi connectivity index (χ3n) is 4.84. The molecule has 1 aromatic rings. The summed E-state index contributed by atoms with van der Waals surface area (Å²) in [5, 5.41) is 0. The van der Waals surface area contributed by atoms with Gasteiger partial charge in [0.15, 0.2) is 6.61 Å². The van der Waals surface area contributed by atoms with Gasteiger partial charge in [-0.25, -0.2) is 4.39 Å². The van der Waals surface area contributed by atoms with E-state index in [0.717, 1.165) is 25.9 Å². The molecule has 2 N–H and O–H groups in total. The minimum atomic E-state index is -0.334. The molecule has 2 amide bonds. The van der Waals surface area contributed by atoms with Crippen LogP contribution in [0.3, 0.4) is 0 Å². The molecule has 2 aliphatic rings. The topological polar surface area (TPSA) is 75.9 Å². The third-order valence-corrected chi connectivity index (χ3v) is 4.84. The largest absolute Gasteiger partial charge is 0.484 e. The Bertz CT molecular complexity index is 594. The predicted molar refractivity (Wildman–Crippen MR) is 85.8 cm³/mol. The summed E-state index contributed by atoms with van der Waals surface area (Å²) in [6, 6.07) is 5.97. The van der Waals surface area contributed by atoms with Crippen LogP contribution in [0.5, 0.6) is 5.75 Å². The van der Waals surface area contributed by atoms with Crippen LogP contribution in [0.1, 0.15) is 12.8 Å². The third kappa shape index (κ3) is 3.84. The average Bonchev–Trinajstić information content (AvgIpc) is 2.53. The second-order valence-electron chi connectivity index (χ2n) is 6.41. The maximum Gasteiger partial charge on any atom is 0.260 e. The zero-order valence-electron chi connectivity index (χ0n) is 13.5. The molecule has 1 aromatic carbocycles. The van der Waals surface area contributed by atoms with Crippen molar-refractivity contribution in [1.82, 2.24) is 9.80 Å². The van der Waals surface area contributed by atoms with E-state index in [1.807, 2.05) is 0 Å². The molecule has 3 rings (SSSR count). The van der Waals surface area contributed by atoms with Gasteiger partial charge in [-0.3, -0.25) is 14.5 Å². The fourth-order valence-corrected chi connectivity index (χ4v) is 3.21. The van der Waals surface area contributed by atoms with Gasteiger partial charge < -0.3 is 15.4 Å². The van der Waals surface area contributed by atoms with Crippen LogP contribution in [0, 0.1) is 11.7 Å². The van der Waals surface area contributed by atoms with Crippen LogP contribution < -0.4 is 10.5 Å². The minimum absolute atomic E-state index is 0.0110. The molecule has 0 saturated carbocycles. The van der Waals surface area contributed by atoms with Crippen molar-refractivity contribution in [2.24, 2.45) is 11.7 Å². The molecule has 0 bridgehead atoms. The van der Waals surface area contributed by atoms with Crippen molar-refractivity contribution in [3.63, 3.8) is 0 Å².